The molecule has 2 nitrogen and oxygen atoms in total. The second-order valence-corrected chi connectivity index (χ2v) is 5.55. The van der Waals surface area contributed by atoms with E-state index in [2.05, 4.69) is 43.4 Å². The first-order valence-electron chi connectivity index (χ1n) is 7.17. The largest absolute Gasteiger partial charge is 0.372 e. The molecule has 1 aliphatic heterocycles. The van der Waals surface area contributed by atoms with Gasteiger partial charge in [-0.2, -0.15) is 0 Å². The molecule has 2 rings (SSSR count). The quantitative estimate of drug-likeness (QED) is 0.779. The minimum absolute atomic E-state index is 0.244. The highest BCUT2D eigenvalue weighted by molar-refractivity contribution is 5.31. The Balaban J connectivity index is 1.77. The molecule has 100 valence electrons. The molecule has 0 aromatic heterocycles. The fourth-order valence-electron chi connectivity index (χ4n) is 2.51. The van der Waals surface area contributed by atoms with Crippen molar-refractivity contribution < 1.29 is 4.74 Å². The van der Waals surface area contributed by atoms with Crippen LogP contribution in [0.4, 0.5) is 0 Å². The normalized spacial score (nSPS) is 18.9. The molecule has 1 aromatic carbocycles. The topological polar surface area (TPSA) is 21.3 Å². The fourth-order valence-corrected chi connectivity index (χ4v) is 2.51. The first-order chi connectivity index (χ1) is 8.77. The zero-order chi connectivity index (χ0) is 12.8. The summed E-state index contributed by atoms with van der Waals surface area (Å²) in [6.45, 7) is 7.45. The van der Waals surface area contributed by atoms with Crippen molar-refractivity contribution in [2.24, 2.45) is 5.92 Å². The van der Waals surface area contributed by atoms with E-state index in [-0.39, 0.29) is 6.10 Å². The van der Waals surface area contributed by atoms with Gasteiger partial charge in [0.2, 0.25) is 0 Å². The lowest BCUT2D eigenvalue weighted by Gasteiger charge is -2.26. The Labute approximate surface area is 111 Å². The lowest BCUT2D eigenvalue weighted by molar-refractivity contribution is 0.0426. The summed E-state index contributed by atoms with van der Waals surface area (Å²) in [6, 6.07) is 8.66. The molecule has 1 heterocycles. The highest BCUT2D eigenvalue weighted by atomic mass is 16.5. The molecule has 0 saturated carbocycles. The molecule has 1 atom stereocenters. The fraction of sp³-hybridized carbons (Fsp3) is 0.625. The number of hydrogen-bond donors (Lipinski definition) is 1. The van der Waals surface area contributed by atoms with Gasteiger partial charge in [-0.1, -0.05) is 38.1 Å². The van der Waals surface area contributed by atoms with Crippen LogP contribution in [-0.2, 0) is 11.2 Å². The van der Waals surface area contributed by atoms with Crippen LogP contribution in [0.3, 0.4) is 0 Å². The van der Waals surface area contributed by atoms with Gasteiger partial charge in [0.1, 0.15) is 0 Å². The van der Waals surface area contributed by atoms with Crippen molar-refractivity contribution >= 4 is 0 Å². The second kappa shape index (κ2) is 6.91. The van der Waals surface area contributed by atoms with Crippen LogP contribution < -0.4 is 5.32 Å². The molecule has 1 N–H and O–H groups in total. The van der Waals surface area contributed by atoms with E-state index in [0.29, 0.717) is 0 Å². The standard InChI is InChI=1S/C16H25NO/c1-13(2)6-5-10-17-12-16-15-8-4-3-7-14(15)9-11-18-16/h3-4,7-8,13,16-17H,5-6,9-12H2,1-2H3. The van der Waals surface area contributed by atoms with Crippen molar-refractivity contribution in [1.29, 1.82) is 0 Å². The highest BCUT2D eigenvalue weighted by Crippen LogP contribution is 2.26. The summed E-state index contributed by atoms with van der Waals surface area (Å²) >= 11 is 0. The van der Waals surface area contributed by atoms with Crippen LogP contribution >= 0.6 is 0 Å². The van der Waals surface area contributed by atoms with Crippen molar-refractivity contribution in [3.05, 3.63) is 35.4 Å². The number of fused-ring (bicyclic) bond motifs is 1. The van der Waals surface area contributed by atoms with Crippen LogP contribution in [0.2, 0.25) is 0 Å². The predicted molar refractivity (Wildman–Crippen MR) is 75.8 cm³/mol. The van der Waals surface area contributed by atoms with E-state index in [1.807, 2.05) is 0 Å². The third kappa shape index (κ3) is 3.82. The Morgan fingerprint density at radius 3 is 3.00 bits per heavy atom. The summed E-state index contributed by atoms with van der Waals surface area (Å²) in [7, 11) is 0. The maximum Gasteiger partial charge on any atom is 0.0952 e. The van der Waals surface area contributed by atoms with Crippen LogP contribution in [0.5, 0.6) is 0 Å². The number of rotatable bonds is 6. The van der Waals surface area contributed by atoms with E-state index < -0.39 is 0 Å². The Hall–Kier alpha value is -0.860. The zero-order valence-electron chi connectivity index (χ0n) is 11.6. The molecule has 0 aliphatic carbocycles. The van der Waals surface area contributed by atoms with E-state index in [0.717, 1.165) is 32.0 Å². The van der Waals surface area contributed by atoms with E-state index in [1.165, 1.54) is 24.0 Å². The molecule has 2 heteroatoms. The first-order valence-corrected chi connectivity index (χ1v) is 7.17. The summed E-state index contributed by atoms with van der Waals surface area (Å²) in [4.78, 5) is 0. The molecule has 18 heavy (non-hydrogen) atoms. The molecular weight excluding hydrogens is 222 g/mol. The molecule has 0 spiro atoms. The van der Waals surface area contributed by atoms with E-state index in [9.17, 15) is 0 Å². The molecule has 1 unspecified atom stereocenters. The van der Waals surface area contributed by atoms with Crippen molar-refractivity contribution in [3.8, 4) is 0 Å². The van der Waals surface area contributed by atoms with Crippen LogP contribution in [0.1, 0.15) is 43.9 Å². The van der Waals surface area contributed by atoms with Crippen molar-refractivity contribution in [3.63, 3.8) is 0 Å². The maximum absolute atomic E-state index is 5.87. The van der Waals surface area contributed by atoms with E-state index >= 15 is 0 Å². The molecular formula is C16H25NO. The SMILES string of the molecule is CC(C)CCCNCC1OCCc2ccccc21. The third-order valence-electron chi connectivity index (χ3n) is 3.56. The summed E-state index contributed by atoms with van der Waals surface area (Å²) in [5, 5.41) is 3.53. The Morgan fingerprint density at radius 2 is 2.17 bits per heavy atom. The lowest BCUT2D eigenvalue weighted by Crippen LogP contribution is -2.28. The summed E-state index contributed by atoms with van der Waals surface area (Å²) < 4.78 is 5.87. The van der Waals surface area contributed by atoms with Gasteiger partial charge in [-0.25, -0.2) is 0 Å². The van der Waals surface area contributed by atoms with Gasteiger partial charge in [0.05, 0.1) is 12.7 Å². The minimum atomic E-state index is 0.244. The molecule has 0 saturated heterocycles. The molecule has 0 radical (unpaired) electrons. The summed E-state index contributed by atoms with van der Waals surface area (Å²) in [5.74, 6) is 0.804. The average Bonchev–Trinajstić information content (AvgIpc) is 2.38. The number of ether oxygens (including phenoxy) is 1. The molecule has 0 amide bonds. The molecule has 0 fully saturated rings. The molecule has 1 aromatic rings. The summed E-state index contributed by atoms with van der Waals surface area (Å²) in [6.07, 6.45) is 3.86. The monoisotopic (exact) mass is 247 g/mol. The van der Waals surface area contributed by atoms with Crippen LogP contribution in [0.25, 0.3) is 0 Å². The smallest absolute Gasteiger partial charge is 0.0952 e. The van der Waals surface area contributed by atoms with Crippen LogP contribution in [0.15, 0.2) is 24.3 Å². The lowest BCUT2D eigenvalue weighted by atomic mass is 9.97. The molecule has 1 aliphatic rings. The zero-order valence-corrected chi connectivity index (χ0v) is 11.6. The average molecular weight is 247 g/mol. The van der Waals surface area contributed by atoms with Gasteiger partial charge in [-0.3, -0.25) is 0 Å². The first kappa shape index (κ1) is 13.6. The van der Waals surface area contributed by atoms with Gasteiger partial charge in [-0.15, -0.1) is 0 Å². The van der Waals surface area contributed by atoms with Gasteiger partial charge in [0, 0.05) is 6.54 Å². The van der Waals surface area contributed by atoms with Crippen molar-refractivity contribution in [1.82, 2.24) is 5.32 Å². The van der Waals surface area contributed by atoms with Crippen LogP contribution in [-0.4, -0.2) is 19.7 Å². The Kier molecular flexibility index (Phi) is 5.21. The number of nitrogens with one attached hydrogen (secondary N) is 1. The van der Waals surface area contributed by atoms with Gasteiger partial charge in [0.25, 0.3) is 0 Å². The molecule has 0 bridgehead atoms. The van der Waals surface area contributed by atoms with Gasteiger partial charge >= 0.3 is 0 Å². The van der Waals surface area contributed by atoms with Gasteiger partial charge in [-0.05, 0) is 42.9 Å². The van der Waals surface area contributed by atoms with Crippen LogP contribution in [0, 0.1) is 5.92 Å². The second-order valence-electron chi connectivity index (χ2n) is 5.55. The van der Waals surface area contributed by atoms with Crippen molar-refractivity contribution in [2.45, 2.75) is 39.2 Å². The van der Waals surface area contributed by atoms with E-state index in [1.54, 1.807) is 0 Å². The number of benzene rings is 1. The highest BCUT2D eigenvalue weighted by Gasteiger charge is 2.19. The maximum atomic E-state index is 5.87. The predicted octanol–water partition coefficient (Wildman–Crippen LogP) is 3.33. The van der Waals surface area contributed by atoms with Gasteiger partial charge in [0.15, 0.2) is 0 Å². The van der Waals surface area contributed by atoms with Gasteiger partial charge < -0.3 is 10.1 Å². The summed E-state index contributed by atoms with van der Waals surface area (Å²) in [5.41, 5.74) is 2.83. The Morgan fingerprint density at radius 1 is 1.33 bits per heavy atom. The van der Waals surface area contributed by atoms with Crippen molar-refractivity contribution in [2.75, 3.05) is 19.7 Å². The van der Waals surface area contributed by atoms with E-state index in [4.69, 9.17) is 4.74 Å². The Bertz CT molecular complexity index is 362. The minimum Gasteiger partial charge on any atom is -0.372 e. The third-order valence-corrected chi connectivity index (χ3v) is 3.56. The number of hydrogen-bond acceptors (Lipinski definition) is 2.